The molecular weight excluding hydrogens is 270 g/mol. The van der Waals surface area contributed by atoms with Crippen LogP contribution in [-0.2, 0) is 6.42 Å². The van der Waals surface area contributed by atoms with Gasteiger partial charge in [0.25, 0.3) is 0 Å². The second kappa shape index (κ2) is 4.82. The molecule has 0 bridgehead atoms. The number of hydrogen-bond donors (Lipinski definition) is 0. The minimum absolute atomic E-state index is 0.415. The Kier molecular flexibility index (Phi) is 3.15. The summed E-state index contributed by atoms with van der Waals surface area (Å²) in [4.78, 5) is 0. The highest BCUT2D eigenvalue weighted by Gasteiger charge is 2.17. The number of benzene rings is 2. The molecule has 2 aromatic rings. The van der Waals surface area contributed by atoms with Crippen molar-refractivity contribution in [2.45, 2.75) is 11.8 Å². The van der Waals surface area contributed by atoms with Gasteiger partial charge in [0.15, 0.2) is 0 Å². The highest BCUT2D eigenvalue weighted by atomic mass is 35.5. The van der Waals surface area contributed by atoms with E-state index >= 15 is 0 Å². The highest BCUT2D eigenvalue weighted by Crippen LogP contribution is 2.34. The second-order valence-electron chi connectivity index (χ2n) is 4.53. The largest absolute Gasteiger partial charge is 0.493 e. The predicted octanol–water partition coefficient (Wildman–Crippen LogP) is 4.23. The first-order chi connectivity index (χ1) is 9.13. The van der Waals surface area contributed by atoms with E-state index in [0.29, 0.717) is 12.2 Å². The van der Waals surface area contributed by atoms with E-state index in [9.17, 15) is 8.78 Å². The summed E-state index contributed by atoms with van der Waals surface area (Å²) in [7, 11) is 0. The van der Waals surface area contributed by atoms with Gasteiger partial charge in [-0.05, 0) is 34.9 Å². The molecule has 1 aliphatic rings. The highest BCUT2D eigenvalue weighted by molar-refractivity contribution is 6.22. The first kappa shape index (κ1) is 12.4. The minimum Gasteiger partial charge on any atom is -0.493 e. The Morgan fingerprint density at radius 3 is 2.47 bits per heavy atom. The van der Waals surface area contributed by atoms with Gasteiger partial charge >= 0.3 is 0 Å². The summed E-state index contributed by atoms with van der Waals surface area (Å²) < 4.78 is 31.8. The molecule has 0 spiro atoms. The van der Waals surface area contributed by atoms with Gasteiger partial charge in [-0.25, -0.2) is 8.78 Å². The maximum Gasteiger partial charge on any atom is 0.126 e. The van der Waals surface area contributed by atoms with Crippen LogP contribution in [0.3, 0.4) is 0 Å². The maximum absolute atomic E-state index is 13.2. The molecular formula is C15H11ClF2O. The zero-order valence-corrected chi connectivity index (χ0v) is 10.8. The van der Waals surface area contributed by atoms with E-state index in [4.69, 9.17) is 16.3 Å². The Hall–Kier alpha value is -1.61. The van der Waals surface area contributed by atoms with E-state index in [1.165, 1.54) is 12.1 Å². The van der Waals surface area contributed by atoms with Gasteiger partial charge in [-0.15, -0.1) is 11.6 Å². The van der Waals surface area contributed by atoms with Crippen molar-refractivity contribution < 1.29 is 13.5 Å². The average molecular weight is 281 g/mol. The van der Waals surface area contributed by atoms with Crippen LogP contribution in [0.2, 0.25) is 0 Å². The van der Waals surface area contributed by atoms with Gasteiger partial charge in [-0.1, -0.05) is 12.1 Å². The van der Waals surface area contributed by atoms with Gasteiger partial charge in [0.05, 0.1) is 12.0 Å². The molecule has 0 N–H and O–H groups in total. The van der Waals surface area contributed by atoms with Gasteiger partial charge in [0.2, 0.25) is 0 Å². The summed E-state index contributed by atoms with van der Waals surface area (Å²) in [6.45, 7) is 0.667. The van der Waals surface area contributed by atoms with Crippen LogP contribution in [0, 0.1) is 11.6 Å². The monoisotopic (exact) mass is 280 g/mol. The molecule has 1 heterocycles. The van der Waals surface area contributed by atoms with Crippen LogP contribution in [0.15, 0.2) is 36.4 Å². The van der Waals surface area contributed by atoms with E-state index in [-0.39, 0.29) is 0 Å². The molecule has 4 heteroatoms. The number of rotatable bonds is 2. The van der Waals surface area contributed by atoms with Crippen LogP contribution in [0.4, 0.5) is 8.78 Å². The Morgan fingerprint density at radius 1 is 1.00 bits per heavy atom. The van der Waals surface area contributed by atoms with Crippen LogP contribution in [-0.4, -0.2) is 6.61 Å². The molecule has 0 saturated carbocycles. The summed E-state index contributed by atoms with van der Waals surface area (Å²) in [5, 5.41) is -0.573. The molecule has 98 valence electrons. The number of alkyl halides is 1. The van der Waals surface area contributed by atoms with Crippen LogP contribution in [0.1, 0.15) is 22.1 Å². The third-order valence-electron chi connectivity index (χ3n) is 3.18. The third-order valence-corrected chi connectivity index (χ3v) is 3.69. The Morgan fingerprint density at radius 2 is 1.74 bits per heavy atom. The van der Waals surface area contributed by atoms with Crippen LogP contribution >= 0.6 is 11.6 Å². The molecule has 0 radical (unpaired) electrons. The van der Waals surface area contributed by atoms with Crippen LogP contribution < -0.4 is 4.74 Å². The molecule has 1 aliphatic heterocycles. The van der Waals surface area contributed by atoms with Crippen molar-refractivity contribution >= 4 is 11.6 Å². The van der Waals surface area contributed by atoms with Crippen LogP contribution in [0.25, 0.3) is 0 Å². The Labute approximate surface area is 114 Å². The number of fused-ring (bicyclic) bond motifs is 1. The molecule has 3 rings (SSSR count). The smallest absolute Gasteiger partial charge is 0.126 e. The standard InChI is InChI=1S/C15H11ClF2O/c16-15(11-6-12(17)8-13(18)7-11)10-1-2-14-9(5-10)3-4-19-14/h1-2,5-8,15H,3-4H2. The number of halogens is 3. The molecule has 1 atom stereocenters. The first-order valence-electron chi connectivity index (χ1n) is 5.99. The Bertz CT molecular complexity index is 607. The van der Waals surface area contributed by atoms with Crippen LogP contribution in [0.5, 0.6) is 5.75 Å². The molecule has 0 aromatic heterocycles. The third kappa shape index (κ3) is 2.43. The Balaban J connectivity index is 1.97. The lowest BCUT2D eigenvalue weighted by Gasteiger charge is -2.12. The summed E-state index contributed by atoms with van der Waals surface area (Å²) in [5.74, 6) is -0.381. The summed E-state index contributed by atoms with van der Waals surface area (Å²) in [6.07, 6.45) is 0.838. The lowest BCUT2D eigenvalue weighted by Crippen LogP contribution is -1.96. The molecule has 2 aromatic carbocycles. The second-order valence-corrected chi connectivity index (χ2v) is 4.97. The number of ether oxygens (including phenoxy) is 1. The average Bonchev–Trinajstić information content (AvgIpc) is 2.83. The quantitative estimate of drug-likeness (QED) is 0.748. The maximum atomic E-state index is 13.2. The van der Waals surface area contributed by atoms with Gasteiger partial charge in [0.1, 0.15) is 17.4 Å². The van der Waals surface area contributed by atoms with Crippen molar-refractivity contribution in [2.75, 3.05) is 6.61 Å². The van der Waals surface area contributed by atoms with Gasteiger partial charge in [0, 0.05) is 12.5 Å². The summed E-state index contributed by atoms with van der Waals surface area (Å²) in [5.41, 5.74) is 2.31. The first-order valence-corrected chi connectivity index (χ1v) is 6.43. The molecule has 0 amide bonds. The molecule has 0 fully saturated rings. The molecule has 1 nitrogen and oxygen atoms in total. The predicted molar refractivity (Wildman–Crippen MR) is 69.7 cm³/mol. The lowest BCUT2D eigenvalue weighted by atomic mass is 10.0. The fourth-order valence-electron chi connectivity index (χ4n) is 2.28. The zero-order valence-electron chi connectivity index (χ0n) is 10.00. The summed E-state index contributed by atoms with van der Waals surface area (Å²) >= 11 is 6.30. The van der Waals surface area contributed by atoms with E-state index in [0.717, 1.165) is 29.4 Å². The summed E-state index contributed by atoms with van der Waals surface area (Å²) in [6, 6.07) is 8.95. The van der Waals surface area contributed by atoms with Crippen molar-refractivity contribution in [1.82, 2.24) is 0 Å². The van der Waals surface area contributed by atoms with Crippen molar-refractivity contribution in [1.29, 1.82) is 0 Å². The normalized spacial score (nSPS) is 14.9. The molecule has 19 heavy (non-hydrogen) atoms. The molecule has 0 aliphatic carbocycles. The van der Waals surface area contributed by atoms with E-state index < -0.39 is 17.0 Å². The van der Waals surface area contributed by atoms with E-state index in [1.54, 1.807) is 0 Å². The van der Waals surface area contributed by atoms with Crippen molar-refractivity contribution in [3.63, 3.8) is 0 Å². The van der Waals surface area contributed by atoms with Crippen molar-refractivity contribution in [3.05, 3.63) is 64.7 Å². The zero-order chi connectivity index (χ0) is 13.4. The van der Waals surface area contributed by atoms with E-state index in [2.05, 4.69) is 0 Å². The minimum atomic E-state index is -0.620. The SMILES string of the molecule is Fc1cc(F)cc(C(Cl)c2ccc3c(c2)CCO3)c1. The van der Waals surface area contributed by atoms with Crippen molar-refractivity contribution in [2.24, 2.45) is 0 Å². The fraction of sp³-hybridized carbons (Fsp3) is 0.200. The number of hydrogen-bond acceptors (Lipinski definition) is 1. The molecule has 0 saturated heterocycles. The van der Waals surface area contributed by atoms with Gasteiger partial charge < -0.3 is 4.74 Å². The molecule has 1 unspecified atom stereocenters. The topological polar surface area (TPSA) is 9.23 Å². The lowest BCUT2D eigenvalue weighted by molar-refractivity contribution is 0.357. The van der Waals surface area contributed by atoms with E-state index in [1.807, 2.05) is 18.2 Å². The van der Waals surface area contributed by atoms with Crippen molar-refractivity contribution in [3.8, 4) is 5.75 Å². The van der Waals surface area contributed by atoms with Gasteiger partial charge in [-0.2, -0.15) is 0 Å². The van der Waals surface area contributed by atoms with Gasteiger partial charge in [-0.3, -0.25) is 0 Å². The fourth-order valence-corrected chi connectivity index (χ4v) is 2.54.